The summed E-state index contributed by atoms with van der Waals surface area (Å²) in [6.45, 7) is 0. The van der Waals surface area contributed by atoms with E-state index in [0.29, 0.717) is 12.8 Å². The van der Waals surface area contributed by atoms with E-state index in [2.05, 4.69) is 5.32 Å². The molecule has 0 unspecified atom stereocenters. The van der Waals surface area contributed by atoms with Crippen LogP contribution in [-0.4, -0.2) is 24.3 Å². The summed E-state index contributed by atoms with van der Waals surface area (Å²) in [4.78, 5) is 23.3. The minimum Gasteiger partial charge on any atom is -0.345 e. The predicted octanol–water partition coefficient (Wildman–Crippen LogP) is 1.48. The third kappa shape index (κ3) is 4.82. The summed E-state index contributed by atoms with van der Waals surface area (Å²) >= 11 is 0. The highest BCUT2D eigenvalue weighted by Crippen LogP contribution is 2.04. The van der Waals surface area contributed by atoms with E-state index in [1.807, 2.05) is 60.7 Å². The summed E-state index contributed by atoms with van der Waals surface area (Å²) in [7, 11) is 0. The lowest BCUT2D eigenvalue weighted by molar-refractivity contribution is -0.125. The second-order valence-electron chi connectivity index (χ2n) is 5.24. The molecule has 2 rings (SSSR count). The Labute approximate surface area is 130 Å². The first kappa shape index (κ1) is 15.9. The first-order valence-electron chi connectivity index (χ1n) is 7.28. The fourth-order valence-electron chi connectivity index (χ4n) is 2.25. The van der Waals surface area contributed by atoms with E-state index in [-0.39, 0.29) is 5.91 Å². The molecule has 2 aromatic carbocycles. The molecule has 0 fully saturated rings. The molecule has 1 amide bonds. The van der Waals surface area contributed by atoms with Gasteiger partial charge in [-0.3, -0.25) is 4.79 Å². The van der Waals surface area contributed by atoms with Crippen LogP contribution in [0.2, 0.25) is 0 Å². The fraction of sp³-hybridized carbons (Fsp3) is 0.222. The molecule has 0 aliphatic heterocycles. The van der Waals surface area contributed by atoms with Gasteiger partial charge in [0, 0.05) is 0 Å². The molecule has 0 radical (unpaired) electrons. The van der Waals surface area contributed by atoms with Crippen LogP contribution in [0.4, 0.5) is 0 Å². The minimum atomic E-state index is -0.666. The van der Waals surface area contributed by atoms with Gasteiger partial charge in [-0.2, -0.15) is 0 Å². The zero-order valence-electron chi connectivity index (χ0n) is 12.3. The average molecular weight is 296 g/mol. The van der Waals surface area contributed by atoms with Gasteiger partial charge in [-0.15, -0.1) is 0 Å². The highest BCUT2D eigenvalue weighted by molar-refractivity contribution is 5.84. The maximum Gasteiger partial charge on any atom is 0.237 e. The van der Waals surface area contributed by atoms with Crippen LogP contribution >= 0.6 is 0 Å². The lowest BCUT2D eigenvalue weighted by atomic mass is 10.0. The molecule has 3 N–H and O–H groups in total. The molecular formula is C18H20N2O2. The summed E-state index contributed by atoms with van der Waals surface area (Å²) < 4.78 is 0. The van der Waals surface area contributed by atoms with Gasteiger partial charge in [0.15, 0.2) is 0 Å². The monoisotopic (exact) mass is 296 g/mol. The Balaban J connectivity index is 1.90. The van der Waals surface area contributed by atoms with Crippen molar-refractivity contribution in [1.29, 1.82) is 0 Å². The van der Waals surface area contributed by atoms with Crippen molar-refractivity contribution in [2.75, 3.05) is 0 Å². The van der Waals surface area contributed by atoms with Crippen LogP contribution in [-0.2, 0) is 22.4 Å². The van der Waals surface area contributed by atoms with Crippen LogP contribution in [0.25, 0.3) is 0 Å². The van der Waals surface area contributed by atoms with Crippen LogP contribution in [0.15, 0.2) is 60.7 Å². The van der Waals surface area contributed by atoms with E-state index in [4.69, 9.17) is 5.73 Å². The molecule has 2 aromatic rings. The number of hydrogen-bond acceptors (Lipinski definition) is 3. The van der Waals surface area contributed by atoms with Crippen molar-refractivity contribution in [3.05, 3.63) is 71.8 Å². The van der Waals surface area contributed by atoms with Gasteiger partial charge in [-0.1, -0.05) is 60.7 Å². The quantitative estimate of drug-likeness (QED) is 0.760. The number of carbonyl (C=O) groups is 2. The summed E-state index contributed by atoms with van der Waals surface area (Å²) in [6, 6.07) is 17.9. The molecule has 0 spiro atoms. The number of amides is 1. The van der Waals surface area contributed by atoms with E-state index in [1.165, 1.54) is 0 Å². The van der Waals surface area contributed by atoms with E-state index < -0.39 is 12.1 Å². The third-order valence-corrected chi connectivity index (χ3v) is 3.43. The van der Waals surface area contributed by atoms with Gasteiger partial charge in [0.1, 0.15) is 6.29 Å². The Morgan fingerprint density at radius 2 is 1.45 bits per heavy atom. The van der Waals surface area contributed by atoms with Crippen molar-refractivity contribution in [3.8, 4) is 0 Å². The maximum atomic E-state index is 12.1. The SMILES string of the molecule is N[C@@H](Cc1ccccc1)C(=O)N[C@@H](C=O)Cc1ccccc1. The van der Waals surface area contributed by atoms with Crippen LogP contribution in [0.3, 0.4) is 0 Å². The number of hydrogen-bond donors (Lipinski definition) is 2. The second-order valence-corrected chi connectivity index (χ2v) is 5.24. The highest BCUT2D eigenvalue weighted by atomic mass is 16.2. The molecular weight excluding hydrogens is 276 g/mol. The zero-order valence-corrected chi connectivity index (χ0v) is 12.3. The van der Waals surface area contributed by atoms with Gasteiger partial charge in [-0.25, -0.2) is 0 Å². The van der Waals surface area contributed by atoms with E-state index in [0.717, 1.165) is 17.4 Å². The van der Waals surface area contributed by atoms with Gasteiger partial charge in [-0.05, 0) is 24.0 Å². The molecule has 22 heavy (non-hydrogen) atoms. The third-order valence-electron chi connectivity index (χ3n) is 3.43. The standard InChI is InChI=1S/C18H20N2O2/c19-17(12-15-9-5-2-6-10-15)18(22)20-16(13-21)11-14-7-3-1-4-8-14/h1-10,13,16-17H,11-12,19H2,(H,20,22)/t16-,17+/m1/s1. The van der Waals surface area contributed by atoms with Crippen molar-refractivity contribution < 1.29 is 9.59 Å². The van der Waals surface area contributed by atoms with Crippen molar-refractivity contribution in [2.45, 2.75) is 24.9 Å². The molecule has 2 atom stereocenters. The van der Waals surface area contributed by atoms with Crippen LogP contribution in [0.5, 0.6) is 0 Å². The van der Waals surface area contributed by atoms with Crippen LogP contribution in [0.1, 0.15) is 11.1 Å². The topological polar surface area (TPSA) is 72.2 Å². The van der Waals surface area contributed by atoms with Gasteiger partial charge in [0.2, 0.25) is 5.91 Å². The number of rotatable bonds is 7. The molecule has 4 nitrogen and oxygen atoms in total. The molecule has 0 heterocycles. The molecule has 0 aromatic heterocycles. The Bertz CT molecular complexity index is 599. The summed E-state index contributed by atoms with van der Waals surface area (Å²) in [5.41, 5.74) is 7.91. The fourth-order valence-corrected chi connectivity index (χ4v) is 2.25. The number of carbonyl (C=O) groups excluding carboxylic acids is 2. The Morgan fingerprint density at radius 1 is 0.955 bits per heavy atom. The van der Waals surface area contributed by atoms with E-state index in [9.17, 15) is 9.59 Å². The van der Waals surface area contributed by atoms with Crippen molar-refractivity contribution in [1.82, 2.24) is 5.32 Å². The first-order valence-corrected chi connectivity index (χ1v) is 7.28. The normalized spacial score (nSPS) is 13.1. The van der Waals surface area contributed by atoms with Gasteiger partial charge in [0.05, 0.1) is 12.1 Å². The average Bonchev–Trinajstić information content (AvgIpc) is 2.56. The number of nitrogens with one attached hydrogen (secondary N) is 1. The Morgan fingerprint density at radius 3 is 1.95 bits per heavy atom. The minimum absolute atomic E-state index is 0.308. The molecule has 0 aliphatic carbocycles. The smallest absolute Gasteiger partial charge is 0.237 e. The van der Waals surface area contributed by atoms with E-state index >= 15 is 0 Å². The predicted molar refractivity (Wildman–Crippen MR) is 86.3 cm³/mol. The Hall–Kier alpha value is -2.46. The van der Waals surface area contributed by atoms with E-state index in [1.54, 1.807) is 0 Å². The van der Waals surface area contributed by atoms with Crippen molar-refractivity contribution in [3.63, 3.8) is 0 Å². The highest BCUT2D eigenvalue weighted by Gasteiger charge is 2.18. The number of aldehydes is 1. The van der Waals surface area contributed by atoms with Crippen molar-refractivity contribution >= 4 is 12.2 Å². The summed E-state index contributed by atoms with van der Waals surface area (Å²) in [5, 5.41) is 2.70. The first-order chi connectivity index (χ1) is 10.7. The van der Waals surface area contributed by atoms with Gasteiger partial charge >= 0.3 is 0 Å². The maximum absolute atomic E-state index is 12.1. The second kappa shape index (κ2) is 8.10. The lowest BCUT2D eigenvalue weighted by Gasteiger charge is -2.17. The molecule has 0 bridgehead atoms. The van der Waals surface area contributed by atoms with Crippen molar-refractivity contribution in [2.24, 2.45) is 5.73 Å². The van der Waals surface area contributed by atoms with Crippen LogP contribution in [0, 0.1) is 0 Å². The van der Waals surface area contributed by atoms with Gasteiger partial charge < -0.3 is 15.8 Å². The largest absolute Gasteiger partial charge is 0.345 e. The number of benzene rings is 2. The molecule has 0 aliphatic rings. The molecule has 0 saturated heterocycles. The van der Waals surface area contributed by atoms with Gasteiger partial charge in [0.25, 0.3) is 0 Å². The summed E-state index contributed by atoms with van der Waals surface area (Å²) in [5.74, 6) is -0.308. The molecule has 0 saturated carbocycles. The molecule has 4 heteroatoms. The van der Waals surface area contributed by atoms with Crippen LogP contribution < -0.4 is 11.1 Å². The lowest BCUT2D eigenvalue weighted by Crippen LogP contribution is -2.47. The Kier molecular flexibility index (Phi) is 5.86. The number of nitrogens with two attached hydrogens (primary N) is 1. The molecule has 114 valence electrons. The summed E-state index contributed by atoms with van der Waals surface area (Å²) in [6.07, 6.45) is 1.66. The zero-order chi connectivity index (χ0) is 15.8.